The van der Waals surface area contributed by atoms with Gasteiger partial charge in [0.05, 0.1) is 0 Å². The predicted molar refractivity (Wildman–Crippen MR) is 343 cm³/mol. The van der Waals surface area contributed by atoms with Crippen LogP contribution in [0.5, 0.6) is 0 Å². The molecule has 0 spiro atoms. The number of ether oxygens (including phenoxy) is 3. The molecule has 0 aromatic rings. The maximum absolute atomic E-state index is 12.9. The summed E-state index contributed by atoms with van der Waals surface area (Å²) in [5.41, 5.74) is 0. The molecule has 0 aromatic carbocycles. The summed E-state index contributed by atoms with van der Waals surface area (Å²) in [6.45, 7) is 6.35. The van der Waals surface area contributed by atoms with Crippen LogP contribution in [0.2, 0.25) is 0 Å². The zero-order valence-electron chi connectivity index (χ0n) is 51.3. The van der Waals surface area contributed by atoms with Crippen LogP contribution >= 0.6 is 0 Å². The molecule has 0 rings (SSSR count). The van der Waals surface area contributed by atoms with Gasteiger partial charge in [0, 0.05) is 19.3 Å². The minimum absolute atomic E-state index is 0.111. The van der Waals surface area contributed by atoms with Crippen molar-refractivity contribution in [2.24, 2.45) is 0 Å². The average molecular weight is 1090 g/mol. The van der Waals surface area contributed by atoms with Gasteiger partial charge in [-0.15, -0.1) is 0 Å². The molecule has 0 saturated heterocycles. The van der Waals surface area contributed by atoms with Crippen LogP contribution in [0, 0.1) is 0 Å². The molecule has 1 atom stereocenters. The average Bonchev–Trinajstić information content (AvgIpc) is 3.45. The normalized spacial score (nSPS) is 13.0. The highest BCUT2D eigenvalue weighted by atomic mass is 16.6. The highest BCUT2D eigenvalue weighted by Crippen LogP contribution is 2.16. The Bertz CT molecular complexity index is 1680. The van der Waals surface area contributed by atoms with Crippen LogP contribution in [0.1, 0.15) is 290 Å². The summed E-state index contributed by atoms with van der Waals surface area (Å²) in [6, 6.07) is 0. The molecule has 0 amide bonds. The molecule has 0 fully saturated rings. The van der Waals surface area contributed by atoms with E-state index in [4.69, 9.17) is 14.2 Å². The Balaban J connectivity index is 4.41. The van der Waals surface area contributed by atoms with Crippen molar-refractivity contribution in [3.8, 4) is 0 Å². The fraction of sp³-hybridized carbons (Fsp3) is 0.658. The van der Waals surface area contributed by atoms with Gasteiger partial charge in [-0.25, -0.2) is 0 Å². The summed E-state index contributed by atoms with van der Waals surface area (Å²) in [5, 5.41) is 0. The van der Waals surface area contributed by atoms with E-state index in [1.54, 1.807) is 0 Å². The second-order valence-electron chi connectivity index (χ2n) is 21.3. The molecule has 0 bridgehead atoms. The number of carbonyl (C=O) groups is 3. The highest BCUT2D eigenvalue weighted by molar-refractivity contribution is 5.71. The molecule has 0 N–H and O–H groups in total. The van der Waals surface area contributed by atoms with Crippen LogP contribution in [0.4, 0.5) is 0 Å². The quantitative estimate of drug-likeness (QED) is 0.0261. The number of allylic oxidation sites excluding steroid dienone is 22. The monoisotopic (exact) mass is 1090 g/mol. The fourth-order valence-electron chi connectivity index (χ4n) is 8.81. The summed E-state index contributed by atoms with van der Waals surface area (Å²) in [4.78, 5) is 38.3. The second-order valence-corrected chi connectivity index (χ2v) is 21.3. The van der Waals surface area contributed by atoms with E-state index in [2.05, 4.69) is 148 Å². The third kappa shape index (κ3) is 64.3. The summed E-state index contributed by atoms with van der Waals surface area (Å²) in [6.07, 6.45) is 93.4. The van der Waals surface area contributed by atoms with Crippen molar-refractivity contribution in [2.45, 2.75) is 297 Å². The molecule has 0 heterocycles. The zero-order valence-corrected chi connectivity index (χ0v) is 51.3. The van der Waals surface area contributed by atoms with Gasteiger partial charge in [-0.05, 0) is 122 Å². The molecule has 0 aromatic heterocycles. The van der Waals surface area contributed by atoms with Crippen molar-refractivity contribution in [2.75, 3.05) is 13.2 Å². The molecule has 0 aliphatic rings. The molecule has 6 heteroatoms. The Morgan fingerprint density at radius 2 is 0.519 bits per heavy atom. The SMILES string of the molecule is CC/C=C\C/C=C\C/C=C\C/C=C\C/C=C\C/C=C\CCCCCCCCC(=O)OCC(COC(=O)CC/C=C\C/C=C\C/C=C\C/C=C\CC)OC(=O)CCCCCCCCCCCCC/C=C\CCCCCCCCCC. The fourth-order valence-corrected chi connectivity index (χ4v) is 8.81. The third-order valence-electron chi connectivity index (χ3n) is 13.6. The minimum Gasteiger partial charge on any atom is -0.462 e. The molecule has 0 aliphatic carbocycles. The van der Waals surface area contributed by atoms with Gasteiger partial charge in [0.25, 0.3) is 0 Å². The van der Waals surface area contributed by atoms with Gasteiger partial charge in [0.15, 0.2) is 6.10 Å². The van der Waals surface area contributed by atoms with Crippen molar-refractivity contribution >= 4 is 17.9 Å². The van der Waals surface area contributed by atoms with E-state index in [-0.39, 0.29) is 37.5 Å². The zero-order chi connectivity index (χ0) is 57.1. The molecule has 448 valence electrons. The standard InChI is InChI=1S/C73H120O6/c1-4-7-10-13-16-19-22-25-27-29-31-33-35-36-38-39-41-43-45-48-51-54-57-60-63-66-72(75)78-69-70(68-77-71(74)65-62-59-56-53-50-47-24-21-18-15-12-9-6-3)79-73(76)67-64-61-58-55-52-49-46-44-42-40-37-34-32-30-28-26-23-20-17-14-11-8-5-2/h7,9-10,12,16,18-19,21,25,27,30-33,36,38,41,43,47,50,56,59,70H,4-6,8,11,13-15,17,20,22-24,26,28-29,34-35,37,39-40,42,44-46,48-49,51-55,57-58,60-69H2,1-3H3/b10-7-,12-9-,19-16-,21-18-,27-25-,32-30-,33-31-,38-36-,43-41-,50-47-,59-56-. The summed E-state index contributed by atoms with van der Waals surface area (Å²) in [5.74, 6) is -1.01. The van der Waals surface area contributed by atoms with Gasteiger partial charge in [-0.2, -0.15) is 0 Å². The Morgan fingerprint density at radius 1 is 0.266 bits per heavy atom. The van der Waals surface area contributed by atoms with Gasteiger partial charge in [-0.1, -0.05) is 283 Å². The smallest absolute Gasteiger partial charge is 0.306 e. The summed E-state index contributed by atoms with van der Waals surface area (Å²) >= 11 is 0. The number of hydrogen-bond acceptors (Lipinski definition) is 6. The lowest BCUT2D eigenvalue weighted by Crippen LogP contribution is -2.30. The molecule has 6 nitrogen and oxygen atoms in total. The van der Waals surface area contributed by atoms with E-state index < -0.39 is 6.10 Å². The van der Waals surface area contributed by atoms with Crippen molar-refractivity contribution in [3.63, 3.8) is 0 Å². The van der Waals surface area contributed by atoms with Crippen LogP contribution in [0.25, 0.3) is 0 Å². The Hall–Kier alpha value is -4.45. The lowest BCUT2D eigenvalue weighted by molar-refractivity contribution is -0.166. The largest absolute Gasteiger partial charge is 0.462 e. The van der Waals surface area contributed by atoms with Gasteiger partial charge >= 0.3 is 17.9 Å². The number of hydrogen-bond donors (Lipinski definition) is 0. The van der Waals surface area contributed by atoms with Crippen LogP contribution in [-0.2, 0) is 28.6 Å². The highest BCUT2D eigenvalue weighted by Gasteiger charge is 2.19. The predicted octanol–water partition coefficient (Wildman–Crippen LogP) is 22.5. The Labute approximate surface area is 487 Å². The summed E-state index contributed by atoms with van der Waals surface area (Å²) in [7, 11) is 0. The molecule has 0 radical (unpaired) electrons. The molecule has 0 saturated carbocycles. The van der Waals surface area contributed by atoms with Gasteiger partial charge in [-0.3, -0.25) is 14.4 Å². The molecule has 1 unspecified atom stereocenters. The van der Waals surface area contributed by atoms with Crippen LogP contribution in [0.3, 0.4) is 0 Å². The van der Waals surface area contributed by atoms with Gasteiger partial charge in [0.2, 0.25) is 0 Å². The van der Waals surface area contributed by atoms with E-state index >= 15 is 0 Å². The maximum atomic E-state index is 12.9. The maximum Gasteiger partial charge on any atom is 0.306 e. The number of unbranched alkanes of at least 4 members (excludes halogenated alkanes) is 25. The molecule has 79 heavy (non-hydrogen) atoms. The molecule has 0 aliphatic heterocycles. The lowest BCUT2D eigenvalue weighted by Gasteiger charge is -2.18. The van der Waals surface area contributed by atoms with Crippen molar-refractivity contribution in [1.29, 1.82) is 0 Å². The van der Waals surface area contributed by atoms with E-state index in [0.717, 1.165) is 116 Å². The number of esters is 3. The molecular formula is C73H120O6. The first kappa shape index (κ1) is 74.5. The first-order valence-electron chi connectivity index (χ1n) is 32.7. The Morgan fingerprint density at radius 3 is 0.861 bits per heavy atom. The first-order valence-corrected chi connectivity index (χ1v) is 32.7. The third-order valence-corrected chi connectivity index (χ3v) is 13.6. The summed E-state index contributed by atoms with van der Waals surface area (Å²) < 4.78 is 16.8. The number of rotatable bonds is 58. The first-order chi connectivity index (χ1) is 39.0. The minimum atomic E-state index is -0.819. The van der Waals surface area contributed by atoms with E-state index in [1.807, 2.05) is 6.08 Å². The second kappa shape index (κ2) is 66.1. The van der Waals surface area contributed by atoms with E-state index in [0.29, 0.717) is 19.3 Å². The van der Waals surface area contributed by atoms with Crippen molar-refractivity contribution in [1.82, 2.24) is 0 Å². The number of carbonyl (C=O) groups excluding carboxylic acids is 3. The van der Waals surface area contributed by atoms with Crippen LogP contribution < -0.4 is 0 Å². The topological polar surface area (TPSA) is 78.9 Å². The van der Waals surface area contributed by atoms with Crippen molar-refractivity contribution in [3.05, 3.63) is 134 Å². The Kier molecular flexibility index (Phi) is 62.3. The van der Waals surface area contributed by atoms with Gasteiger partial charge in [0.1, 0.15) is 13.2 Å². The van der Waals surface area contributed by atoms with Gasteiger partial charge < -0.3 is 14.2 Å². The van der Waals surface area contributed by atoms with Crippen molar-refractivity contribution < 1.29 is 28.6 Å². The lowest BCUT2D eigenvalue weighted by atomic mass is 10.0. The van der Waals surface area contributed by atoms with E-state index in [1.165, 1.54) is 128 Å². The molecular weight excluding hydrogens is 973 g/mol. The van der Waals surface area contributed by atoms with Crippen LogP contribution in [0.15, 0.2) is 134 Å². The van der Waals surface area contributed by atoms with E-state index in [9.17, 15) is 14.4 Å². The van der Waals surface area contributed by atoms with Crippen LogP contribution in [-0.4, -0.2) is 37.2 Å².